The largest absolute Gasteiger partial charge is 0.380 e. The predicted molar refractivity (Wildman–Crippen MR) is 89.8 cm³/mol. The zero-order valence-corrected chi connectivity index (χ0v) is 14.1. The van der Waals surface area contributed by atoms with Gasteiger partial charge in [-0.1, -0.05) is 24.3 Å². The molecule has 1 heterocycles. The van der Waals surface area contributed by atoms with Gasteiger partial charge in [0.1, 0.15) is 5.82 Å². The number of aryl methyl sites for hydroxylation is 1. The summed E-state index contributed by atoms with van der Waals surface area (Å²) in [5.74, 6) is 1.63. The average Bonchev–Trinajstić information content (AvgIpc) is 2.45. The molecule has 0 fully saturated rings. The highest BCUT2D eigenvalue weighted by atomic mass is 127. The number of ether oxygens (including phenoxy) is 1. The van der Waals surface area contributed by atoms with E-state index in [1.165, 1.54) is 0 Å². The summed E-state index contributed by atoms with van der Waals surface area (Å²) in [7, 11) is 1.70. The van der Waals surface area contributed by atoms with E-state index in [0.29, 0.717) is 6.61 Å². The molecule has 0 radical (unpaired) electrons. The number of rotatable bonds is 5. The Bertz CT molecular complexity index is 602. The minimum absolute atomic E-state index is 0.557. The SMILES string of the molecule is CCNc1nc(-c2ccccc2COC)nc(C)c1I. The van der Waals surface area contributed by atoms with Gasteiger partial charge in [-0.25, -0.2) is 9.97 Å². The van der Waals surface area contributed by atoms with Gasteiger partial charge in [0, 0.05) is 19.2 Å². The lowest BCUT2D eigenvalue weighted by atomic mass is 10.1. The van der Waals surface area contributed by atoms with Crippen molar-refractivity contribution in [1.29, 1.82) is 0 Å². The Balaban J connectivity index is 2.52. The number of hydrogen-bond donors (Lipinski definition) is 1. The molecular weight excluding hydrogens is 365 g/mol. The average molecular weight is 383 g/mol. The van der Waals surface area contributed by atoms with E-state index in [2.05, 4.69) is 44.8 Å². The van der Waals surface area contributed by atoms with Crippen LogP contribution in [0.2, 0.25) is 0 Å². The van der Waals surface area contributed by atoms with Crippen LogP contribution in [-0.4, -0.2) is 23.6 Å². The van der Waals surface area contributed by atoms with Crippen LogP contribution in [0.15, 0.2) is 24.3 Å². The van der Waals surface area contributed by atoms with Gasteiger partial charge in [0.15, 0.2) is 5.82 Å². The Morgan fingerprint density at radius 1 is 1.25 bits per heavy atom. The Hall–Kier alpha value is -1.21. The van der Waals surface area contributed by atoms with Crippen molar-refractivity contribution < 1.29 is 4.74 Å². The fraction of sp³-hybridized carbons (Fsp3) is 0.333. The number of halogens is 1. The van der Waals surface area contributed by atoms with Gasteiger partial charge in [0.05, 0.1) is 15.9 Å². The fourth-order valence-electron chi connectivity index (χ4n) is 1.98. The zero-order chi connectivity index (χ0) is 14.5. The summed E-state index contributed by atoms with van der Waals surface area (Å²) >= 11 is 2.28. The maximum atomic E-state index is 5.25. The van der Waals surface area contributed by atoms with Gasteiger partial charge < -0.3 is 10.1 Å². The molecule has 1 aromatic carbocycles. The quantitative estimate of drug-likeness (QED) is 0.802. The number of hydrogen-bond acceptors (Lipinski definition) is 4. The van der Waals surface area contributed by atoms with E-state index in [1.807, 2.05) is 31.2 Å². The van der Waals surface area contributed by atoms with E-state index in [-0.39, 0.29) is 0 Å². The molecule has 0 aliphatic rings. The Labute approximate surface area is 133 Å². The molecule has 0 saturated carbocycles. The molecule has 4 nitrogen and oxygen atoms in total. The van der Waals surface area contributed by atoms with Crippen molar-refractivity contribution in [2.45, 2.75) is 20.5 Å². The molecule has 0 saturated heterocycles. The topological polar surface area (TPSA) is 47.0 Å². The van der Waals surface area contributed by atoms with Crippen LogP contribution in [0.5, 0.6) is 0 Å². The first-order chi connectivity index (χ1) is 9.67. The van der Waals surface area contributed by atoms with Crippen molar-refractivity contribution in [1.82, 2.24) is 9.97 Å². The van der Waals surface area contributed by atoms with Crippen LogP contribution in [0.25, 0.3) is 11.4 Å². The second-order valence-corrected chi connectivity index (χ2v) is 5.49. The van der Waals surface area contributed by atoms with Crippen LogP contribution in [-0.2, 0) is 11.3 Å². The monoisotopic (exact) mass is 383 g/mol. The first-order valence-electron chi connectivity index (χ1n) is 6.52. The fourth-order valence-corrected chi connectivity index (χ4v) is 2.42. The molecule has 0 bridgehead atoms. The van der Waals surface area contributed by atoms with Gasteiger partial charge in [0.2, 0.25) is 0 Å². The molecule has 2 aromatic rings. The van der Waals surface area contributed by atoms with Crippen LogP contribution in [0.4, 0.5) is 5.82 Å². The molecule has 20 heavy (non-hydrogen) atoms. The van der Waals surface area contributed by atoms with Gasteiger partial charge in [-0.15, -0.1) is 0 Å². The van der Waals surface area contributed by atoms with E-state index in [4.69, 9.17) is 4.74 Å². The van der Waals surface area contributed by atoms with Crippen LogP contribution >= 0.6 is 22.6 Å². The predicted octanol–water partition coefficient (Wildman–Crippen LogP) is 3.63. The molecule has 106 valence electrons. The van der Waals surface area contributed by atoms with Crippen molar-refractivity contribution in [3.63, 3.8) is 0 Å². The molecule has 0 aliphatic carbocycles. The Kier molecular flexibility index (Phi) is 5.31. The summed E-state index contributed by atoms with van der Waals surface area (Å²) in [5.41, 5.74) is 3.10. The lowest BCUT2D eigenvalue weighted by molar-refractivity contribution is 0.185. The first kappa shape index (κ1) is 15.2. The smallest absolute Gasteiger partial charge is 0.162 e. The molecule has 0 atom stereocenters. The third kappa shape index (κ3) is 3.27. The van der Waals surface area contributed by atoms with Crippen molar-refractivity contribution in [2.75, 3.05) is 19.0 Å². The van der Waals surface area contributed by atoms with Crippen LogP contribution < -0.4 is 5.32 Å². The minimum Gasteiger partial charge on any atom is -0.380 e. The number of nitrogens with zero attached hydrogens (tertiary/aromatic N) is 2. The molecule has 0 amide bonds. The van der Waals surface area contributed by atoms with E-state index in [0.717, 1.165) is 38.6 Å². The van der Waals surface area contributed by atoms with E-state index < -0.39 is 0 Å². The lowest BCUT2D eigenvalue weighted by Crippen LogP contribution is -2.07. The summed E-state index contributed by atoms with van der Waals surface area (Å²) < 4.78 is 6.32. The summed E-state index contributed by atoms with van der Waals surface area (Å²) in [6, 6.07) is 8.08. The minimum atomic E-state index is 0.557. The number of anilines is 1. The van der Waals surface area contributed by atoms with Gasteiger partial charge >= 0.3 is 0 Å². The second-order valence-electron chi connectivity index (χ2n) is 4.42. The van der Waals surface area contributed by atoms with Gasteiger partial charge in [-0.3, -0.25) is 0 Å². The summed E-state index contributed by atoms with van der Waals surface area (Å²) in [6.07, 6.45) is 0. The molecule has 0 aliphatic heterocycles. The van der Waals surface area contributed by atoms with E-state index in [1.54, 1.807) is 7.11 Å². The standard InChI is InChI=1S/C15H18IN3O/c1-4-17-15-13(16)10(2)18-14(19-15)12-8-6-5-7-11(12)9-20-3/h5-8H,4,9H2,1-3H3,(H,17,18,19). The van der Waals surface area contributed by atoms with Gasteiger partial charge in [0.25, 0.3) is 0 Å². The highest BCUT2D eigenvalue weighted by Crippen LogP contribution is 2.26. The summed E-state index contributed by atoms with van der Waals surface area (Å²) in [5, 5.41) is 3.29. The van der Waals surface area contributed by atoms with E-state index in [9.17, 15) is 0 Å². The second kappa shape index (κ2) is 6.99. The third-order valence-corrected chi connectivity index (χ3v) is 4.21. The summed E-state index contributed by atoms with van der Waals surface area (Å²) in [6.45, 7) is 5.46. The molecule has 1 aromatic heterocycles. The molecule has 1 N–H and O–H groups in total. The molecule has 0 unspecified atom stereocenters. The Morgan fingerprint density at radius 3 is 2.70 bits per heavy atom. The molecule has 5 heteroatoms. The lowest BCUT2D eigenvalue weighted by Gasteiger charge is -2.12. The van der Waals surface area contributed by atoms with Crippen LogP contribution in [0.1, 0.15) is 18.2 Å². The highest BCUT2D eigenvalue weighted by molar-refractivity contribution is 14.1. The number of benzene rings is 1. The number of methoxy groups -OCH3 is 1. The Morgan fingerprint density at radius 2 is 2.00 bits per heavy atom. The normalized spacial score (nSPS) is 10.6. The zero-order valence-electron chi connectivity index (χ0n) is 11.9. The van der Waals surface area contributed by atoms with Gasteiger partial charge in [-0.05, 0) is 42.0 Å². The molecular formula is C15H18IN3O. The number of nitrogens with one attached hydrogen (secondary N) is 1. The van der Waals surface area contributed by atoms with E-state index >= 15 is 0 Å². The van der Waals surface area contributed by atoms with Crippen LogP contribution in [0, 0.1) is 10.5 Å². The summed E-state index contributed by atoms with van der Waals surface area (Å²) in [4.78, 5) is 9.27. The van der Waals surface area contributed by atoms with Crippen molar-refractivity contribution in [2.24, 2.45) is 0 Å². The maximum Gasteiger partial charge on any atom is 0.162 e. The third-order valence-electron chi connectivity index (χ3n) is 2.92. The van der Waals surface area contributed by atoms with Crippen molar-refractivity contribution >= 4 is 28.4 Å². The van der Waals surface area contributed by atoms with Gasteiger partial charge in [-0.2, -0.15) is 0 Å². The van der Waals surface area contributed by atoms with Crippen molar-refractivity contribution in [3.05, 3.63) is 39.1 Å². The molecule has 2 rings (SSSR count). The van der Waals surface area contributed by atoms with Crippen LogP contribution in [0.3, 0.4) is 0 Å². The number of aromatic nitrogens is 2. The maximum absolute atomic E-state index is 5.25. The first-order valence-corrected chi connectivity index (χ1v) is 7.60. The highest BCUT2D eigenvalue weighted by Gasteiger charge is 2.12. The molecule has 0 spiro atoms. The van der Waals surface area contributed by atoms with Crippen molar-refractivity contribution in [3.8, 4) is 11.4 Å².